The Kier molecular flexibility index (Phi) is 6.84. The van der Waals surface area contributed by atoms with Crippen molar-refractivity contribution in [1.29, 1.82) is 0 Å². The number of methoxy groups -OCH3 is 1. The summed E-state index contributed by atoms with van der Waals surface area (Å²) in [6.45, 7) is -2.97. The van der Waals surface area contributed by atoms with Crippen LogP contribution in [0.25, 0.3) is 6.08 Å². The van der Waals surface area contributed by atoms with Gasteiger partial charge in [-0.15, -0.1) is 0 Å². The first-order valence-corrected chi connectivity index (χ1v) is 7.66. The molecule has 0 saturated carbocycles. The average Bonchev–Trinajstić information content (AvgIpc) is 2.65. The number of hydrogen-bond donors (Lipinski definition) is 1. The van der Waals surface area contributed by atoms with Crippen molar-refractivity contribution in [3.8, 4) is 5.75 Å². The van der Waals surface area contributed by atoms with Crippen molar-refractivity contribution >= 4 is 18.0 Å². The molecule has 0 aliphatic carbocycles. The molecule has 2 rings (SSSR count). The van der Waals surface area contributed by atoms with E-state index >= 15 is 0 Å². The minimum absolute atomic E-state index is 0.0564. The van der Waals surface area contributed by atoms with Gasteiger partial charge in [-0.05, 0) is 17.7 Å². The summed E-state index contributed by atoms with van der Waals surface area (Å²) in [6, 6.07) is 13.7. The third-order valence-corrected chi connectivity index (χ3v) is 3.41. The van der Waals surface area contributed by atoms with E-state index in [1.165, 1.54) is 31.4 Å². The van der Waals surface area contributed by atoms with Gasteiger partial charge in [0, 0.05) is 11.6 Å². The number of rotatable bonds is 7. The monoisotopic (exact) mass is 361 g/mol. The number of carbonyl (C=O) groups excluding carboxylic acids is 2. The number of hydrogen-bond acceptors (Lipinski definition) is 4. The van der Waals surface area contributed by atoms with Gasteiger partial charge in [0.15, 0.2) is 6.04 Å². The molecule has 136 valence electrons. The fourth-order valence-corrected chi connectivity index (χ4v) is 2.22. The van der Waals surface area contributed by atoms with Gasteiger partial charge in [0.1, 0.15) is 5.75 Å². The van der Waals surface area contributed by atoms with E-state index in [0.717, 1.165) is 6.08 Å². The third kappa shape index (κ3) is 5.41. The molecule has 1 N–H and O–H groups in total. The van der Waals surface area contributed by atoms with Gasteiger partial charge in [-0.25, -0.2) is 4.79 Å². The lowest BCUT2D eigenvalue weighted by Gasteiger charge is -2.15. The maximum absolute atomic E-state index is 12.4. The van der Waals surface area contributed by atoms with Gasteiger partial charge >= 0.3 is 12.6 Å². The summed E-state index contributed by atoms with van der Waals surface area (Å²) in [4.78, 5) is 24.1. The van der Waals surface area contributed by atoms with Gasteiger partial charge in [-0.2, -0.15) is 8.78 Å². The van der Waals surface area contributed by atoms with Crippen LogP contribution in [0.1, 0.15) is 17.2 Å². The van der Waals surface area contributed by atoms with E-state index in [0.29, 0.717) is 11.1 Å². The topological polar surface area (TPSA) is 64.6 Å². The van der Waals surface area contributed by atoms with E-state index in [1.807, 2.05) is 0 Å². The van der Waals surface area contributed by atoms with Gasteiger partial charge in [0.05, 0.1) is 7.11 Å². The fourth-order valence-electron chi connectivity index (χ4n) is 2.22. The van der Waals surface area contributed by atoms with Crippen molar-refractivity contribution < 1.29 is 27.8 Å². The lowest BCUT2D eigenvalue weighted by Crippen LogP contribution is -2.33. The van der Waals surface area contributed by atoms with Gasteiger partial charge in [-0.1, -0.05) is 48.5 Å². The van der Waals surface area contributed by atoms with E-state index in [4.69, 9.17) is 4.74 Å². The largest absolute Gasteiger partial charge is 0.467 e. The quantitative estimate of drug-likeness (QED) is 0.607. The maximum atomic E-state index is 12.4. The van der Waals surface area contributed by atoms with E-state index < -0.39 is 24.5 Å². The zero-order valence-electron chi connectivity index (χ0n) is 13.9. The highest BCUT2D eigenvalue weighted by Crippen LogP contribution is 2.21. The number of ether oxygens (including phenoxy) is 2. The van der Waals surface area contributed by atoms with Crippen LogP contribution >= 0.6 is 0 Å². The number of benzene rings is 2. The van der Waals surface area contributed by atoms with Gasteiger partial charge in [0.25, 0.3) is 0 Å². The van der Waals surface area contributed by atoms with Crippen LogP contribution in [-0.2, 0) is 14.3 Å². The highest BCUT2D eigenvalue weighted by atomic mass is 19.3. The molecule has 0 fully saturated rings. The van der Waals surface area contributed by atoms with Crippen LogP contribution in [0.15, 0.2) is 60.7 Å². The summed E-state index contributed by atoms with van der Waals surface area (Å²) < 4.78 is 33.9. The highest BCUT2D eigenvalue weighted by Gasteiger charge is 2.22. The van der Waals surface area contributed by atoms with Crippen molar-refractivity contribution in [3.63, 3.8) is 0 Å². The Bertz CT molecular complexity index is 778. The Morgan fingerprint density at radius 1 is 1.04 bits per heavy atom. The molecule has 5 nitrogen and oxygen atoms in total. The second-order valence-corrected chi connectivity index (χ2v) is 5.13. The molecule has 2 aromatic rings. The lowest BCUT2D eigenvalue weighted by molar-refractivity contribution is -0.144. The van der Waals surface area contributed by atoms with Crippen LogP contribution in [0.3, 0.4) is 0 Å². The highest BCUT2D eigenvalue weighted by molar-refractivity contribution is 5.95. The number of esters is 1. The summed E-state index contributed by atoms with van der Waals surface area (Å²) in [7, 11) is 1.22. The molecule has 1 unspecified atom stereocenters. The first-order chi connectivity index (χ1) is 12.5. The molecular weight excluding hydrogens is 344 g/mol. The summed E-state index contributed by atoms with van der Waals surface area (Å²) >= 11 is 0. The van der Waals surface area contributed by atoms with Gasteiger partial charge in [0.2, 0.25) is 5.91 Å². The molecule has 0 spiro atoms. The van der Waals surface area contributed by atoms with Crippen molar-refractivity contribution in [2.24, 2.45) is 0 Å². The molecule has 7 heteroatoms. The zero-order valence-corrected chi connectivity index (χ0v) is 13.9. The SMILES string of the molecule is COC(=O)C(NC(=O)/C=C/c1ccccc1OC(F)F)c1ccccc1. The number of alkyl halides is 2. The van der Waals surface area contributed by atoms with Crippen molar-refractivity contribution in [2.75, 3.05) is 7.11 Å². The second-order valence-electron chi connectivity index (χ2n) is 5.13. The Labute approximate surface area is 149 Å². The molecule has 26 heavy (non-hydrogen) atoms. The minimum atomic E-state index is -2.97. The third-order valence-electron chi connectivity index (χ3n) is 3.41. The molecule has 0 heterocycles. The van der Waals surface area contributed by atoms with Gasteiger partial charge < -0.3 is 14.8 Å². The minimum Gasteiger partial charge on any atom is -0.467 e. The van der Waals surface area contributed by atoms with E-state index in [2.05, 4.69) is 10.1 Å². The first kappa shape index (κ1) is 19.1. The van der Waals surface area contributed by atoms with Crippen LogP contribution in [0.2, 0.25) is 0 Å². The molecule has 0 saturated heterocycles. The summed E-state index contributed by atoms with van der Waals surface area (Å²) in [6.07, 6.45) is 2.46. The average molecular weight is 361 g/mol. The predicted molar refractivity (Wildman–Crippen MR) is 91.4 cm³/mol. The number of halogens is 2. The van der Waals surface area contributed by atoms with Crippen molar-refractivity contribution in [3.05, 3.63) is 71.8 Å². The van der Waals surface area contributed by atoms with Gasteiger partial charge in [-0.3, -0.25) is 4.79 Å². The fraction of sp³-hybridized carbons (Fsp3) is 0.158. The Morgan fingerprint density at radius 2 is 1.69 bits per heavy atom. The normalized spacial score (nSPS) is 12.0. The first-order valence-electron chi connectivity index (χ1n) is 7.66. The molecular formula is C19H17F2NO4. The van der Waals surface area contributed by atoms with Crippen LogP contribution < -0.4 is 10.1 Å². The van der Waals surface area contributed by atoms with Crippen molar-refractivity contribution in [1.82, 2.24) is 5.32 Å². The standard InChI is InChI=1S/C19H17F2NO4/c1-25-18(24)17(14-8-3-2-4-9-14)22-16(23)12-11-13-7-5-6-10-15(13)26-19(20)21/h2-12,17,19H,1H3,(H,22,23)/b12-11+. The number of amides is 1. The van der Waals surface area contributed by atoms with Crippen molar-refractivity contribution in [2.45, 2.75) is 12.7 Å². The maximum Gasteiger partial charge on any atom is 0.387 e. The Morgan fingerprint density at radius 3 is 2.35 bits per heavy atom. The smallest absolute Gasteiger partial charge is 0.387 e. The Balaban J connectivity index is 2.13. The number of nitrogens with one attached hydrogen (secondary N) is 1. The molecule has 1 amide bonds. The molecule has 0 radical (unpaired) electrons. The molecule has 2 aromatic carbocycles. The predicted octanol–water partition coefficient (Wildman–Crippen LogP) is 3.33. The number of para-hydroxylation sites is 1. The lowest BCUT2D eigenvalue weighted by atomic mass is 10.1. The van der Waals surface area contributed by atoms with Crippen LogP contribution in [-0.4, -0.2) is 25.6 Å². The summed E-state index contributed by atoms with van der Waals surface area (Å²) in [5.41, 5.74) is 0.861. The second kappa shape index (κ2) is 9.31. The zero-order chi connectivity index (χ0) is 18.9. The number of carbonyl (C=O) groups is 2. The summed E-state index contributed by atoms with van der Waals surface area (Å²) in [5.74, 6) is -1.27. The molecule has 0 aromatic heterocycles. The van der Waals surface area contributed by atoms with E-state index in [9.17, 15) is 18.4 Å². The van der Waals surface area contributed by atoms with Crippen LogP contribution in [0.5, 0.6) is 5.75 Å². The summed E-state index contributed by atoms with van der Waals surface area (Å²) in [5, 5.41) is 2.53. The Hall–Kier alpha value is -3.22. The van der Waals surface area contributed by atoms with E-state index in [1.54, 1.807) is 36.4 Å². The van der Waals surface area contributed by atoms with Crippen LogP contribution in [0, 0.1) is 0 Å². The molecule has 1 atom stereocenters. The van der Waals surface area contributed by atoms with Crippen LogP contribution in [0.4, 0.5) is 8.78 Å². The molecule has 0 bridgehead atoms. The molecule has 0 aliphatic rings. The van der Waals surface area contributed by atoms with E-state index in [-0.39, 0.29) is 5.75 Å². The molecule has 0 aliphatic heterocycles.